The highest BCUT2D eigenvalue weighted by molar-refractivity contribution is 5.86. The van der Waals surface area contributed by atoms with Crippen molar-refractivity contribution in [2.24, 2.45) is 0 Å². The maximum Gasteiger partial charge on any atom is 0.338 e. The summed E-state index contributed by atoms with van der Waals surface area (Å²) in [7, 11) is 1.22. The summed E-state index contributed by atoms with van der Waals surface area (Å²) in [4.78, 5) is 10.7. The van der Waals surface area contributed by atoms with Crippen LogP contribution >= 0.6 is 0 Å². The molecule has 0 spiro atoms. The predicted molar refractivity (Wildman–Crippen MR) is 57.0 cm³/mol. The van der Waals surface area contributed by atoms with Crippen LogP contribution in [0, 0.1) is 11.6 Å². The third-order valence-electron chi connectivity index (χ3n) is 2.32. The molecule has 18 heavy (non-hydrogen) atoms. The lowest BCUT2D eigenvalue weighted by Gasteiger charge is -2.07. The Morgan fingerprint density at radius 2 is 2.11 bits per heavy atom. The van der Waals surface area contributed by atoms with Crippen molar-refractivity contribution in [3.8, 4) is 11.4 Å². The number of carboxylic acids is 1. The van der Waals surface area contributed by atoms with Crippen LogP contribution < -0.4 is 4.74 Å². The number of carboxylic acid groups (broad SMARTS) is 1. The van der Waals surface area contributed by atoms with E-state index in [0.29, 0.717) is 0 Å². The van der Waals surface area contributed by atoms with Gasteiger partial charge in [-0.2, -0.15) is 9.49 Å². The van der Waals surface area contributed by atoms with Crippen LogP contribution in [-0.2, 0) is 0 Å². The standard InChI is InChI=1S/C11H8F2N2O3/c1-18-8-3-2-7(9(12)10(8)13)15-5-6(4-14-15)11(16)17/h2-5H,1H3,(H,16,17). The zero-order chi connectivity index (χ0) is 13.3. The van der Waals surface area contributed by atoms with Crippen molar-refractivity contribution in [3.63, 3.8) is 0 Å². The van der Waals surface area contributed by atoms with Crippen LogP contribution in [0.25, 0.3) is 5.69 Å². The van der Waals surface area contributed by atoms with Crippen molar-refractivity contribution in [2.45, 2.75) is 0 Å². The van der Waals surface area contributed by atoms with Crippen LogP contribution in [0.4, 0.5) is 8.78 Å². The molecule has 1 N–H and O–H groups in total. The topological polar surface area (TPSA) is 64.3 Å². The van der Waals surface area contributed by atoms with E-state index in [4.69, 9.17) is 5.11 Å². The second-order valence-corrected chi connectivity index (χ2v) is 3.39. The molecule has 0 bridgehead atoms. The fraction of sp³-hybridized carbons (Fsp3) is 0.0909. The average molecular weight is 254 g/mol. The summed E-state index contributed by atoms with van der Waals surface area (Å²) in [5, 5.41) is 12.4. The van der Waals surface area contributed by atoms with Gasteiger partial charge in [-0.1, -0.05) is 0 Å². The Morgan fingerprint density at radius 3 is 2.67 bits per heavy atom. The van der Waals surface area contributed by atoms with Gasteiger partial charge in [-0.3, -0.25) is 0 Å². The quantitative estimate of drug-likeness (QED) is 0.907. The van der Waals surface area contributed by atoms with E-state index in [-0.39, 0.29) is 17.0 Å². The largest absolute Gasteiger partial charge is 0.494 e. The number of hydrogen-bond acceptors (Lipinski definition) is 3. The van der Waals surface area contributed by atoms with E-state index in [1.165, 1.54) is 19.2 Å². The summed E-state index contributed by atoms with van der Waals surface area (Å²) < 4.78 is 32.7. The van der Waals surface area contributed by atoms with Crippen molar-refractivity contribution in [1.29, 1.82) is 0 Å². The number of carbonyl (C=O) groups is 1. The van der Waals surface area contributed by atoms with Gasteiger partial charge in [0.2, 0.25) is 5.82 Å². The number of nitrogens with zero attached hydrogens (tertiary/aromatic N) is 2. The van der Waals surface area contributed by atoms with E-state index in [0.717, 1.165) is 17.1 Å². The number of aromatic nitrogens is 2. The molecule has 7 heteroatoms. The zero-order valence-corrected chi connectivity index (χ0v) is 9.22. The van der Waals surface area contributed by atoms with E-state index in [9.17, 15) is 13.6 Å². The Labute approximate surface area is 100 Å². The molecule has 1 aromatic heterocycles. The van der Waals surface area contributed by atoms with Gasteiger partial charge >= 0.3 is 5.97 Å². The summed E-state index contributed by atoms with van der Waals surface area (Å²) in [6.07, 6.45) is 2.14. The first kappa shape index (κ1) is 12.0. The lowest BCUT2D eigenvalue weighted by Crippen LogP contribution is -2.02. The van der Waals surface area contributed by atoms with E-state index in [1.807, 2.05) is 0 Å². The van der Waals surface area contributed by atoms with Crippen molar-refractivity contribution in [3.05, 3.63) is 41.7 Å². The summed E-state index contributed by atoms with van der Waals surface area (Å²) >= 11 is 0. The molecule has 0 aliphatic carbocycles. The molecule has 94 valence electrons. The lowest BCUT2D eigenvalue weighted by atomic mass is 10.2. The summed E-state index contributed by atoms with van der Waals surface area (Å²) in [5.74, 6) is -3.74. The number of ether oxygens (including phenoxy) is 1. The van der Waals surface area contributed by atoms with Crippen molar-refractivity contribution < 1.29 is 23.4 Å². The first-order chi connectivity index (χ1) is 8.54. The minimum atomic E-state index is -1.20. The molecule has 2 aromatic rings. The summed E-state index contributed by atoms with van der Waals surface area (Å²) in [6.45, 7) is 0. The number of halogens is 2. The summed E-state index contributed by atoms with van der Waals surface area (Å²) in [6, 6.07) is 2.48. The van der Waals surface area contributed by atoms with Gasteiger partial charge in [0, 0.05) is 6.20 Å². The number of hydrogen-bond donors (Lipinski definition) is 1. The maximum absolute atomic E-state index is 13.7. The second kappa shape index (κ2) is 4.44. The van der Waals surface area contributed by atoms with E-state index < -0.39 is 17.6 Å². The monoisotopic (exact) mass is 254 g/mol. The Hall–Kier alpha value is -2.44. The Morgan fingerprint density at radius 1 is 1.39 bits per heavy atom. The number of rotatable bonds is 3. The van der Waals surface area contributed by atoms with E-state index >= 15 is 0 Å². The molecular weight excluding hydrogens is 246 g/mol. The highest BCUT2D eigenvalue weighted by atomic mass is 19.2. The van der Waals surface area contributed by atoms with Gasteiger partial charge in [-0.05, 0) is 12.1 Å². The Bertz CT molecular complexity index is 610. The molecule has 0 fully saturated rings. The van der Waals surface area contributed by atoms with Gasteiger partial charge in [-0.25, -0.2) is 13.9 Å². The maximum atomic E-state index is 13.7. The van der Waals surface area contributed by atoms with Gasteiger partial charge < -0.3 is 9.84 Å². The SMILES string of the molecule is COc1ccc(-n2cc(C(=O)O)cn2)c(F)c1F. The third kappa shape index (κ3) is 1.90. The second-order valence-electron chi connectivity index (χ2n) is 3.39. The van der Waals surface area contributed by atoms with Crippen LogP contribution in [0.1, 0.15) is 10.4 Å². The number of aromatic carboxylic acids is 1. The third-order valence-corrected chi connectivity index (χ3v) is 2.32. The molecule has 0 atom stereocenters. The minimum absolute atomic E-state index is 0.120. The molecule has 5 nitrogen and oxygen atoms in total. The van der Waals surface area contributed by atoms with Crippen molar-refractivity contribution in [2.75, 3.05) is 7.11 Å². The van der Waals surface area contributed by atoms with Gasteiger partial charge in [0.05, 0.1) is 18.9 Å². The van der Waals surface area contributed by atoms with Gasteiger partial charge in [-0.15, -0.1) is 0 Å². The van der Waals surface area contributed by atoms with Gasteiger partial charge in [0.1, 0.15) is 5.69 Å². The molecule has 0 amide bonds. The number of methoxy groups -OCH3 is 1. The highest BCUT2D eigenvalue weighted by Gasteiger charge is 2.16. The lowest BCUT2D eigenvalue weighted by molar-refractivity contribution is 0.0697. The summed E-state index contributed by atoms with van der Waals surface area (Å²) in [5.41, 5.74) is -0.313. The fourth-order valence-corrected chi connectivity index (χ4v) is 1.42. The van der Waals surface area contributed by atoms with Crippen LogP contribution in [-0.4, -0.2) is 28.0 Å². The predicted octanol–water partition coefficient (Wildman–Crippen LogP) is 1.86. The van der Waals surface area contributed by atoms with Crippen molar-refractivity contribution >= 4 is 5.97 Å². The molecule has 0 saturated heterocycles. The van der Waals surface area contributed by atoms with E-state index in [1.54, 1.807) is 0 Å². The Kier molecular flexibility index (Phi) is 2.97. The first-order valence-corrected chi connectivity index (χ1v) is 4.85. The molecule has 2 rings (SSSR count). The fourth-order valence-electron chi connectivity index (χ4n) is 1.42. The molecule has 0 saturated carbocycles. The zero-order valence-electron chi connectivity index (χ0n) is 9.22. The number of benzene rings is 1. The van der Waals surface area contributed by atoms with Gasteiger partial charge in [0.25, 0.3) is 0 Å². The molecule has 1 aromatic carbocycles. The molecule has 0 unspecified atom stereocenters. The van der Waals surface area contributed by atoms with Gasteiger partial charge in [0.15, 0.2) is 11.6 Å². The molecular formula is C11H8F2N2O3. The molecule has 0 aliphatic rings. The molecule has 1 heterocycles. The van der Waals surface area contributed by atoms with Crippen LogP contribution in [0.2, 0.25) is 0 Å². The normalized spacial score (nSPS) is 10.4. The van der Waals surface area contributed by atoms with Crippen LogP contribution in [0.3, 0.4) is 0 Å². The van der Waals surface area contributed by atoms with Crippen LogP contribution in [0.15, 0.2) is 24.5 Å². The highest BCUT2D eigenvalue weighted by Crippen LogP contribution is 2.24. The Balaban J connectivity index is 2.50. The van der Waals surface area contributed by atoms with Crippen LogP contribution in [0.5, 0.6) is 5.75 Å². The minimum Gasteiger partial charge on any atom is -0.494 e. The average Bonchev–Trinajstić information content (AvgIpc) is 2.82. The van der Waals surface area contributed by atoms with Crippen molar-refractivity contribution in [1.82, 2.24) is 9.78 Å². The first-order valence-electron chi connectivity index (χ1n) is 4.85. The van der Waals surface area contributed by atoms with E-state index in [2.05, 4.69) is 9.84 Å². The smallest absolute Gasteiger partial charge is 0.338 e. The molecule has 0 radical (unpaired) electrons. The molecule has 0 aliphatic heterocycles.